The molecule has 0 bridgehead atoms. The van der Waals surface area contributed by atoms with E-state index in [-0.39, 0.29) is 0 Å². The quantitative estimate of drug-likeness (QED) is 0.616. The molecule has 5 heteroatoms. The summed E-state index contributed by atoms with van der Waals surface area (Å²) in [5.74, 6) is 0. The summed E-state index contributed by atoms with van der Waals surface area (Å²) in [5, 5.41) is 3.43. The number of anilines is 1. The molecule has 0 aliphatic carbocycles. The highest BCUT2D eigenvalue weighted by molar-refractivity contribution is 9.10. The van der Waals surface area contributed by atoms with Crippen LogP contribution in [-0.4, -0.2) is 36.1 Å². The minimum Gasteiger partial charge on any atom is -0.389 e. The number of likely N-dealkylation sites (tertiary alicyclic amines) is 1. The Labute approximate surface area is 128 Å². The molecule has 104 valence electrons. The van der Waals surface area contributed by atoms with Crippen LogP contribution in [0.4, 0.5) is 5.69 Å². The Hall–Kier alpha value is -0.650. The molecule has 1 aromatic carbocycles. The molecule has 1 aromatic rings. The molecule has 1 heterocycles. The Morgan fingerprint density at radius 3 is 2.74 bits per heavy atom. The summed E-state index contributed by atoms with van der Waals surface area (Å²) < 4.78 is 0.949. The summed E-state index contributed by atoms with van der Waals surface area (Å²) in [7, 11) is 0. The molecule has 3 N–H and O–H groups in total. The van der Waals surface area contributed by atoms with Crippen molar-refractivity contribution in [1.82, 2.24) is 4.90 Å². The number of nitrogens with two attached hydrogens (primary N) is 1. The van der Waals surface area contributed by atoms with Gasteiger partial charge in [-0.1, -0.05) is 12.2 Å². The van der Waals surface area contributed by atoms with Crippen molar-refractivity contribution in [2.45, 2.75) is 19.3 Å². The third-order valence-corrected chi connectivity index (χ3v) is 4.29. The van der Waals surface area contributed by atoms with Gasteiger partial charge in [0.1, 0.15) is 4.99 Å². The SMILES string of the molecule is NC(=S)c1ccc(NCCCN2CCCC2)cc1Br. The molecule has 0 atom stereocenters. The Balaban J connectivity index is 1.76. The number of hydrogen-bond donors (Lipinski definition) is 2. The largest absolute Gasteiger partial charge is 0.389 e. The van der Waals surface area contributed by atoms with Gasteiger partial charge >= 0.3 is 0 Å². The maximum atomic E-state index is 5.63. The van der Waals surface area contributed by atoms with Gasteiger partial charge in [-0.2, -0.15) is 0 Å². The van der Waals surface area contributed by atoms with E-state index in [1.807, 2.05) is 18.2 Å². The molecule has 1 saturated heterocycles. The predicted octanol–water partition coefficient (Wildman–Crippen LogP) is 2.98. The second-order valence-electron chi connectivity index (χ2n) is 4.89. The summed E-state index contributed by atoms with van der Waals surface area (Å²) >= 11 is 8.48. The van der Waals surface area contributed by atoms with Gasteiger partial charge in [0.2, 0.25) is 0 Å². The number of nitrogens with zero attached hydrogens (tertiary/aromatic N) is 1. The van der Waals surface area contributed by atoms with Gasteiger partial charge in [-0.15, -0.1) is 0 Å². The van der Waals surface area contributed by atoms with Crippen LogP contribution in [0.15, 0.2) is 22.7 Å². The van der Waals surface area contributed by atoms with E-state index >= 15 is 0 Å². The minimum atomic E-state index is 0.424. The monoisotopic (exact) mass is 341 g/mol. The summed E-state index contributed by atoms with van der Waals surface area (Å²) in [6.07, 6.45) is 3.90. The average molecular weight is 342 g/mol. The van der Waals surface area contributed by atoms with E-state index in [1.54, 1.807) is 0 Å². The smallest absolute Gasteiger partial charge is 0.105 e. The van der Waals surface area contributed by atoms with Crippen LogP contribution in [0.5, 0.6) is 0 Å². The van der Waals surface area contributed by atoms with E-state index in [1.165, 1.54) is 38.9 Å². The fourth-order valence-electron chi connectivity index (χ4n) is 2.37. The lowest BCUT2D eigenvalue weighted by molar-refractivity contribution is 0.337. The molecule has 0 radical (unpaired) electrons. The first-order valence-electron chi connectivity index (χ1n) is 6.72. The molecule has 0 amide bonds. The maximum Gasteiger partial charge on any atom is 0.105 e. The predicted molar refractivity (Wildman–Crippen MR) is 88.8 cm³/mol. The fraction of sp³-hybridized carbons (Fsp3) is 0.500. The molecule has 0 aromatic heterocycles. The highest BCUT2D eigenvalue weighted by atomic mass is 79.9. The highest BCUT2D eigenvalue weighted by Gasteiger charge is 2.10. The van der Waals surface area contributed by atoms with E-state index in [2.05, 4.69) is 26.1 Å². The van der Waals surface area contributed by atoms with Crippen molar-refractivity contribution in [3.8, 4) is 0 Å². The molecule has 1 aliphatic rings. The van der Waals surface area contributed by atoms with Crippen molar-refractivity contribution in [3.63, 3.8) is 0 Å². The van der Waals surface area contributed by atoms with Gasteiger partial charge in [-0.25, -0.2) is 0 Å². The van der Waals surface area contributed by atoms with Gasteiger partial charge in [-0.3, -0.25) is 0 Å². The zero-order chi connectivity index (χ0) is 13.7. The van der Waals surface area contributed by atoms with E-state index < -0.39 is 0 Å². The lowest BCUT2D eigenvalue weighted by atomic mass is 10.2. The molecule has 0 unspecified atom stereocenters. The van der Waals surface area contributed by atoms with Crippen molar-refractivity contribution in [3.05, 3.63) is 28.2 Å². The van der Waals surface area contributed by atoms with Crippen LogP contribution < -0.4 is 11.1 Å². The average Bonchev–Trinajstić information content (AvgIpc) is 2.87. The fourth-order valence-corrected chi connectivity index (χ4v) is 3.27. The van der Waals surface area contributed by atoms with Crippen LogP contribution in [0.1, 0.15) is 24.8 Å². The highest BCUT2D eigenvalue weighted by Crippen LogP contribution is 2.21. The molecular formula is C14H20BrN3S. The zero-order valence-electron chi connectivity index (χ0n) is 11.0. The number of benzene rings is 1. The normalized spacial score (nSPS) is 15.6. The first kappa shape index (κ1) is 14.8. The second kappa shape index (κ2) is 7.22. The number of rotatable bonds is 6. The van der Waals surface area contributed by atoms with Gasteiger partial charge < -0.3 is 16.0 Å². The number of hydrogen-bond acceptors (Lipinski definition) is 3. The van der Waals surface area contributed by atoms with Crippen molar-refractivity contribution < 1.29 is 0 Å². The van der Waals surface area contributed by atoms with Gasteiger partial charge in [0.15, 0.2) is 0 Å². The third kappa shape index (κ3) is 4.44. The standard InChI is InChI=1S/C14H20BrN3S/c15-13-10-11(4-5-12(13)14(16)19)17-6-3-9-18-7-1-2-8-18/h4-5,10,17H,1-3,6-9H2,(H2,16,19). The maximum absolute atomic E-state index is 5.63. The summed E-state index contributed by atoms with van der Waals surface area (Å²) in [5.41, 5.74) is 7.62. The lowest BCUT2D eigenvalue weighted by Gasteiger charge is -2.15. The minimum absolute atomic E-state index is 0.424. The number of nitrogens with one attached hydrogen (secondary N) is 1. The van der Waals surface area contributed by atoms with Crippen LogP contribution in [0.25, 0.3) is 0 Å². The van der Waals surface area contributed by atoms with Crippen molar-refractivity contribution in [2.75, 3.05) is 31.5 Å². The topological polar surface area (TPSA) is 41.3 Å². The Morgan fingerprint density at radius 1 is 1.37 bits per heavy atom. The molecule has 1 aliphatic heterocycles. The molecule has 1 fully saturated rings. The number of halogens is 1. The van der Waals surface area contributed by atoms with Crippen LogP contribution >= 0.6 is 28.1 Å². The first-order valence-corrected chi connectivity index (χ1v) is 7.92. The van der Waals surface area contributed by atoms with Crippen molar-refractivity contribution in [2.24, 2.45) is 5.73 Å². The summed E-state index contributed by atoms with van der Waals surface area (Å²) in [6, 6.07) is 6.01. The molecule has 0 spiro atoms. The first-order chi connectivity index (χ1) is 9.16. The van der Waals surface area contributed by atoms with E-state index in [0.717, 1.165) is 22.3 Å². The lowest BCUT2D eigenvalue weighted by Crippen LogP contribution is -2.22. The zero-order valence-corrected chi connectivity index (χ0v) is 13.4. The van der Waals surface area contributed by atoms with E-state index in [9.17, 15) is 0 Å². The molecule has 3 nitrogen and oxygen atoms in total. The van der Waals surface area contributed by atoms with Crippen molar-refractivity contribution in [1.29, 1.82) is 0 Å². The second-order valence-corrected chi connectivity index (χ2v) is 6.18. The van der Waals surface area contributed by atoms with Gasteiger partial charge in [0.25, 0.3) is 0 Å². The van der Waals surface area contributed by atoms with Crippen LogP contribution in [0.2, 0.25) is 0 Å². The van der Waals surface area contributed by atoms with E-state index in [4.69, 9.17) is 18.0 Å². The van der Waals surface area contributed by atoms with Crippen LogP contribution in [0, 0.1) is 0 Å². The molecule has 2 rings (SSSR count). The van der Waals surface area contributed by atoms with Gasteiger partial charge in [0.05, 0.1) is 0 Å². The van der Waals surface area contributed by atoms with Crippen molar-refractivity contribution >= 4 is 38.8 Å². The van der Waals surface area contributed by atoms with Gasteiger partial charge in [-0.05, 0) is 73.0 Å². The molecule has 0 saturated carbocycles. The summed E-state index contributed by atoms with van der Waals surface area (Å²) in [4.78, 5) is 2.96. The van der Waals surface area contributed by atoms with Crippen LogP contribution in [0.3, 0.4) is 0 Å². The summed E-state index contributed by atoms with van der Waals surface area (Å²) in [6.45, 7) is 4.73. The molecular weight excluding hydrogens is 322 g/mol. The Morgan fingerprint density at radius 2 is 2.11 bits per heavy atom. The Bertz CT molecular complexity index is 444. The number of thiocarbonyl (C=S) groups is 1. The van der Waals surface area contributed by atoms with Crippen LogP contribution in [-0.2, 0) is 0 Å². The van der Waals surface area contributed by atoms with Gasteiger partial charge in [0, 0.05) is 22.3 Å². The third-order valence-electron chi connectivity index (χ3n) is 3.41. The Kier molecular flexibility index (Phi) is 5.60. The molecule has 19 heavy (non-hydrogen) atoms. The van der Waals surface area contributed by atoms with E-state index in [0.29, 0.717) is 4.99 Å².